The van der Waals surface area contributed by atoms with Gasteiger partial charge in [-0.25, -0.2) is 9.97 Å². The lowest BCUT2D eigenvalue weighted by atomic mass is 10.1. The van der Waals surface area contributed by atoms with Gasteiger partial charge >= 0.3 is 0 Å². The number of hydrogen-bond acceptors (Lipinski definition) is 8. The minimum atomic E-state index is -0.201. The van der Waals surface area contributed by atoms with Crippen molar-refractivity contribution >= 4 is 53.9 Å². The summed E-state index contributed by atoms with van der Waals surface area (Å²) in [4.78, 5) is 24.0. The summed E-state index contributed by atoms with van der Waals surface area (Å²) in [6, 6.07) is 5.66. The molecule has 0 saturated carbocycles. The number of rotatable bonds is 7. The molecule has 1 aliphatic rings. The average molecular weight is 543 g/mol. The number of pyridine rings is 1. The largest absolute Gasteiger partial charge is 0.454 e. The van der Waals surface area contributed by atoms with Gasteiger partial charge in [-0.3, -0.25) is 4.79 Å². The Morgan fingerprint density at radius 1 is 1.26 bits per heavy atom. The molecule has 4 aromatic rings. The third-order valence-corrected chi connectivity index (χ3v) is 7.32. The zero-order valence-corrected chi connectivity index (χ0v) is 21.5. The van der Waals surface area contributed by atoms with Gasteiger partial charge in [-0.2, -0.15) is 9.78 Å². The first-order valence-corrected chi connectivity index (χ1v) is 12.6. The first-order valence-electron chi connectivity index (χ1n) is 11.0. The van der Waals surface area contributed by atoms with Crippen LogP contribution in [0.15, 0.2) is 32.6 Å². The second kappa shape index (κ2) is 9.44. The van der Waals surface area contributed by atoms with Crippen molar-refractivity contribution in [2.24, 2.45) is 5.10 Å². The minimum Gasteiger partial charge on any atom is -0.454 e. The maximum atomic E-state index is 13.6. The van der Waals surface area contributed by atoms with E-state index in [2.05, 4.69) is 32.9 Å². The molecule has 0 bridgehead atoms. The monoisotopic (exact) mass is 542 g/mol. The molecule has 1 aromatic carbocycles. The van der Waals surface area contributed by atoms with Crippen molar-refractivity contribution in [2.75, 3.05) is 13.9 Å². The van der Waals surface area contributed by atoms with E-state index in [1.807, 2.05) is 25.1 Å². The Hall–Kier alpha value is -2.82. The van der Waals surface area contributed by atoms with Gasteiger partial charge in [0.2, 0.25) is 6.79 Å². The summed E-state index contributed by atoms with van der Waals surface area (Å²) < 4.78 is 19.0. The predicted octanol–water partition coefficient (Wildman–Crippen LogP) is 5.18. The molecule has 0 spiro atoms. The Kier molecular flexibility index (Phi) is 6.37. The van der Waals surface area contributed by atoms with Crippen molar-refractivity contribution in [2.45, 2.75) is 39.7 Å². The van der Waals surface area contributed by atoms with E-state index in [0.29, 0.717) is 40.6 Å². The highest BCUT2D eigenvalue weighted by molar-refractivity contribution is 9.10. The second-order valence-corrected chi connectivity index (χ2v) is 9.89. The number of nitrogens with zero attached hydrogens (tertiary/aromatic N) is 4. The van der Waals surface area contributed by atoms with E-state index in [0.717, 1.165) is 44.4 Å². The van der Waals surface area contributed by atoms with Gasteiger partial charge < -0.3 is 14.2 Å². The van der Waals surface area contributed by atoms with E-state index in [1.165, 1.54) is 16.0 Å². The zero-order chi connectivity index (χ0) is 23.8. The van der Waals surface area contributed by atoms with Crippen LogP contribution >= 0.6 is 27.3 Å². The lowest BCUT2D eigenvalue weighted by molar-refractivity contribution is 0.174. The summed E-state index contributed by atoms with van der Waals surface area (Å²) in [7, 11) is 1.66. The van der Waals surface area contributed by atoms with E-state index < -0.39 is 0 Å². The maximum absolute atomic E-state index is 13.6. The number of thiophene rings is 1. The maximum Gasteiger partial charge on any atom is 0.292 e. The number of hydrogen-bond donors (Lipinski definition) is 0. The normalized spacial score (nSPS) is 13.1. The molecule has 0 atom stereocenters. The molecule has 5 rings (SSSR count). The van der Waals surface area contributed by atoms with Crippen LogP contribution in [0.3, 0.4) is 0 Å². The quantitative estimate of drug-likeness (QED) is 0.299. The fourth-order valence-corrected chi connectivity index (χ4v) is 5.53. The van der Waals surface area contributed by atoms with Gasteiger partial charge in [0.05, 0.1) is 18.3 Å². The van der Waals surface area contributed by atoms with E-state index in [-0.39, 0.29) is 12.4 Å². The topological polar surface area (TPSA) is 87.8 Å². The van der Waals surface area contributed by atoms with Gasteiger partial charge in [-0.1, -0.05) is 13.3 Å². The van der Waals surface area contributed by atoms with Gasteiger partial charge in [-0.05, 0) is 53.0 Å². The van der Waals surface area contributed by atoms with Gasteiger partial charge in [0.25, 0.3) is 5.56 Å². The van der Waals surface area contributed by atoms with Crippen LogP contribution in [-0.2, 0) is 17.8 Å². The van der Waals surface area contributed by atoms with E-state index in [9.17, 15) is 4.79 Å². The van der Waals surface area contributed by atoms with Crippen LogP contribution in [0.4, 0.5) is 0 Å². The summed E-state index contributed by atoms with van der Waals surface area (Å²) in [6.07, 6.45) is 4.15. The predicted molar refractivity (Wildman–Crippen MR) is 136 cm³/mol. The standard InChI is InChI=1S/C24H23BrN4O4S/c1-4-5-6-19-28-21-20-15(11-31-3)7-13(2)27-23(20)34-22(21)24(30)29(19)26-10-14-8-17-18(9-16(14)25)33-12-32-17/h7-10H,4-6,11-12H2,1-3H3/b26-10-. The van der Waals surface area contributed by atoms with Crippen molar-refractivity contribution in [3.63, 3.8) is 0 Å². The molecule has 10 heteroatoms. The lowest BCUT2D eigenvalue weighted by Crippen LogP contribution is -2.21. The van der Waals surface area contributed by atoms with E-state index >= 15 is 0 Å². The molecule has 3 aromatic heterocycles. The van der Waals surface area contributed by atoms with E-state index in [1.54, 1.807) is 13.3 Å². The smallest absolute Gasteiger partial charge is 0.292 e. The van der Waals surface area contributed by atoms with Crippen LogP contribution in [-0.4, -0.2) is 34.8 Å². The van der Waals surface area contributed by atoms with Crippen molar-refractivity contribution < 1.29 is 14.2 Å². The molecule has 0 unspecified atom stereocenters. The Morgan fingerprint density at radius 3 is 2.82 bits per heavy atom. The third kappa shape index (κ3) is 4.10. The number of ether oxygens (including phenoxy) is 3. The Morgan fingerprint density at radius 2 is 2.06 bits per heavy atom. The molecule has 0 saturated heterocycles. The fourth-order valence-electron chi connectivity index (χ4n) is 3.97. The highest BCUT2D eigenvalue weighted by Crippen LogP contribution is 2.36. The molecule has 0 N–H and O–H groups in total. The third-order valence-electron chi connectivity index (χ3n) is 5.58. The van der Waals surface area contributed by atoms with Crippen LogP contribution in [0.2, 0.25) is 0 Å². The molecule has 4 heterocycles. The minimum absolute atomic E-state index is 0.189. The van der Waals surface area contributed by atoms with Gasteiger partial charge in [0.1, 0.15) is 15.4 Å². The van der Waals surface area contributed by atoms with Crippen LogP contribution in [0.5, 0.6) is 11.5 Å². The number of fused-ring (bicyclic) bond motifs is 4. The Labute approximate surface area is 208 Å². The lowest BCUT2D eigenvalue weighted by Gasteiger charge is -2.09. The van der Waals surface area contributed by atoms with Crippen molar-refractivity contribution in [3.8, 4) is 11.5 Å². The zero-order valence-electron chi connectivity index (χ0n) is 19.1. The average Bonchev–Trinajstić information content (AvgIpc) is 3.41. The van der Waals surface area contributed by atoms with Crippen LogP contribution in [0.25, 0.3) is 20.4 Å². The number of benzene rings is 1. The molecule has 0 amide bonds. The van der Waals surface area contributed by atoms with Crippen molar-refractivity contribution in [1.82, 2.24) is 14.6 Å². The van der Waals surface area contributed by atoms with Crippen LogP contribution in [0, 0.1) is 6.92 Å². The van der Waals surface area contributed by atoms with Crippen LogP contribution < -0.4 is 15.0 Å². The second-order valence-electron chi connectivity index (χ2n) is 8.04. The first-order chi connectivity index (χ1) is 16.5. The number of aryl methyl sites for hydroxylation is 2. The summed E-state index contributed by atoms with van der Waals surface area (Å²) in [5.74, 6) is 1.94. The number of unbranched alkanes of at least 4 members (excludes halogenated alkanes) is 1. The van der Waals surface area contributed by atoms with Crippen molar-refractivity contribution in [3.05, 3.63) is 55.7 Å². The Balaban J connectivity index is 1.69. The number of halogens is 1. The summed E-state index contributed by atoms with van der Waals surface area (Å²) in [5, 5.41) is 5.45. The number of methoxy groups -OCH3 is 1. The Bertz CT molecular complexity index is 1490. The number of aromatic nitrogens is 3. The van der Waals surface area contributed by atoms with E-state index in [4.69, 9.17) is 19.2 Å². The molecule has 0 aliphatic carbocycles. The first kappa shape index (κ1) is 22.9. The molecule has 1 aliphatic heterocycles. The van der Waals surface area contributed by atoms with Crippen LogP contribution in [0.1, 0.15) is 42.4 Å². The summed E-state index contributed by atoms with van der Waals surface area (Å²) >= 11 is 4.90. The summed E-state index contributed by atoms with van der Waals surface area (Å²) in [5.41, 5.74) is 3.10. The van der Waals surface area contributed by atoms with Gasteiger partial charge in [-0.15, -0.1) is 11.3 Å². The molecule has 176 valence electrons. The summed E-state index contributed by atoms with van der Waals surface area (Å²) in [6.45, 7) is 4.66. The van der Waals surface area contributed by atoms with Gasteiger partial charge in [0.15, 0.2) is 11.5 Å². The highest BCUT2D eigenvalue weighted by atomic mass is 79.9. The highest BCUT2D eigenvalue weighted by Gasteiger charge is 2.20. The molecule has 34 heavy (non-hydrogen) atoms. The molecule has 8 nitrogen and oxygen atoms in total. The molecule has 0 fully saturated rings. The SMILES string of the molecule is CCCCc1nc2c(sc3nc(C)cc(COC)c32)c(=O)n1/N=C\c1cc2c(cc1Br)OCO2. The fraction of sp³-hybridized carbons (Fsp3) is 0.333. The van der Waals surface area contributed by atoms with Gasteiger partial charge in [0, 0.05) is 34.6 Å². The molecular weight excluding hydrogens is 520 g/mol. The molecular formula is C24H23BrN4O4S. The van der Waals surface area contributed by atoms with Crippen molar-refractivity contribution in [1.29, 1.82) is 0 Å². The molecule has 0 radical (unpaired) electrons.